The van der Waals surface area contributed by atoms with Crippen molar-refractivity contribution in [2.45, 2.75) is 6.54 Å². The Labute approximate surface area is 99.1 Å². The lowest BCUT2D eigenvalue weighted by atomic mass is 10.2. The van der Waals surface area contributed by atoms with Crippen molar-refractivity contribution in [1.82, 2.24) is 4.98 Å². The maximum absolute atomic E-state index is 5.02. The summed E-state index contributed by atoms with van der Waals surface area (Å²) in [5.74, 6) is 0. The molecule has 0 aliphatic carbocycles. The molecular formula is C14H12N2O. The maximum Gasteiger partial charge on any atom is 0.0952 e. The second-order valence-corrected chi connectivity index (χ2v) is 3.90. The van der Waals surface area contributed by atoms with Crippen LogP contribution in [0.3, 0.4) is 0 Å². The number of nitrogens with one attached hydrogen (secondary N) is 1. The van der Waals surface area contributed by atoms with Gasteiger partial charge in [0.2, 0.25) is 0 Å². The van der Waals surface area contributed by atoms with E-state index in [1.54, 1.807) is 12.5 Å². The van der Waals surface area contributed by atoms with E-state index in [0.717, 1.165) is 28.7 Å². The van der Waals surface area contributed by atoms with Crippen LogP contribution < -0.4 is 5.32 Å². The van der Waals surface area contributed by atoms with Crippen LogP contribution in [0.15, 0.2) is 59.5 Å². The van der Waals surface area contributed by atoms with Crippen molar-refractivity contribution in [3.05, 3.63) is 60.7 Å². The normalized spacial score (nSPS) is 10.6. The van der Waals surface area contributed by atoms with Gasteiger partial charge in [0, 0.05) is 17.5 Å². The van der Waals surface area contributed by atoms with Crippen LogP contribution in [0.1, 0.15) is 5.56 Å². The summed E-state index contributed by atoms with van der Waals surface area (Å²) >= 11 is 0. The molecule has 84 valence electrons. The van der Waals surface area contributed by atoms with Gasteiger partial charge in [-0.2, -0.15) is 0 Å². The second kappa shape index (κ2) is 4.29. The fourth-order valence-corrected chi connectivity index (χ4v) is 1.77. The largest absolute Gasteiger partial charge is 0.472 e. The minimum Gasteiger partial charge on any atom is -0.472 e. The molecule has 0 saturated carbocycles. The molecule has 0 unspecified atom stereocenters. The Morgan fingerprint density at radius 1 is 1.18 bits per heavy atom. The predicted octanol–water partition coefficient (Wildman–Crippen LogP) is 3.44. The van der Waals surface area contributed by atoms with E-state index in [1.807, 2.05) is 30.5 Å². The third-order valence-electron chi connectivity index (χ3n) is 2.67. The summed E-state index contributed by atoms with van der Waals surface area (Å²) in [5, 5.41) is 4.46. The van der Waals surface area contributed by atoms with Gasteiger partial charge in [-0.15, -0.1) is 0 Å². The van der Waals surface area contributed by atoms with E-state index >= 15 is 0 Å². The summed E-state index contributed by atoms with van der Waals surface area (Å²) in [6.45, 7) is 0.747. The summed E-state index contributed by atoms with van der Waals surface area (Å²) in [6.07, 6.45) is 5.26. The molecule has 0 atom stereocenters. The topological polar surface area (TPSA) is 38.1 Å². The number of aromatic nitrogens is 1. The van der Waals surface area contributed by atoms with Crippen LogP contribution in [0, 0.1) is 0 Å². The SMILES string of the molecule is c1ccc2ncc(NCc3ccoc3)cc2c1. The average molecular weight is 224 g/mol. The molecule has 17 heavy (non-hydrogen) atoms. The van der Waals surface area contributed by atoms with Crippen LogP contribution >= 0.6 is 0 Å². The summed E-state index contributed by atoms with van der Waals surface area (Å²) in [7, 11) is 0. The summed E-state index contributed by atoms with van der Waals surface area (Å²) in [4.78, 5) is 4.40. The van der Waals surface area contributed by atoms with Crippen LogP contribution in [0.2, 0.25) is 0 Å². The molecule has 0 fully saturated rings. The molecule has 3 heteroatoms. The standard InChI is InChI=1S/C14H12N2O/c1-2-4-14-12(3-1)7-13(9-16-14)15-8-11-5-6-17-10-11/h1-7,9-10,15H,8H2. The van der Waals surface area contributed by atoms with E-state index in [1.165, 1.54) is 0 Å². The monoisotopic (exact) mass is 224 g/mol. The Kier molecular flexibility index (Phi) is 2.50. The van der Waals surface area contributed by atoms with Crippen molar-refractivity contribution in [3.8, 4) is 0 Å². The third-order valence-corrected chi connectivity index (χ3v) is 2.67. The smallest absolute Gasteiger partial charge is 0.0952 e. The first-order valence-corrected chi connectivity index (χ1v) is 5.51. The van der Waals surface area contributed by atoms with Gasteiger partial charge in [0.05, 0.1) is 29.9 Å². The number of hydrogen-bond donors (Lipinski definition) is 1. The van der Waals surface area contributed by atoms with Crippen LogP contribution in [0.4, 0.5) is 5.69 Å². The van der Waals surface area contributed by atoms with Crippen molar-refractivity contribution in [1.29, 1.82) is 0 Å². The minimum absolute atomic E-state index is 0.747. The number of rotatable bonds is 3. The van der Waals surface area contributed by atoms with Gasteiger partial charge < -0.3 is 9.73 Å². The molecule has 3 aromatic rings. The van der Waals surface area contributed by atoms with Crippen molar-refractivity contribution in [2.75, 3.05) is 5.32 Å². The molecular weight excluding hydrogens is 212 g/mol. The fourth-order valence-electron chi connectivity index (χ4n) is 1.77. The lowest BCUT2D eigenvalue weighted by Crippen LogP contribution is -1.98. The van der Waals surface area contributed by atoms with Crippen LogP contribution in [-0.2, 0) is 6.54 Å². The number of para-hydroxylation sites is 1. The molecule has 1 aromatic carbocycles. The van der Waals surface area contributed by atoms with Gasteiger partial charge in [0.1, 0.15) is 0 Å². The summed E-state index contributed by atoms with van der Waals surface area (Å²) in [5.41, 5.74) is 3.16. The van der Waals surface area contributed by atoms with Gasteiger partial charge in [-0.05, 0) is 18.2 Å². The molecule has 0 bridgehead atoms. The molecule has 0 amide bonds. The number of nitrogens with zero attached hydrogens (tertiary/aromatic N) is 1. The average Bonchev–Trinajstić information content (AvgIpc) is 2.89. The second-order valence-electron chi connectivity index (χ2n) is 3.90. The Morgan fingerprint density at radius 3 is 3.00 bits per heavy atom. The number of hydrogen-bond acceptors (Lipinski definition) is 3. The molecule has 0 aliphatic heterocycles. The molecule has 1 N–H and O–H groups in total. The highest BCUT2D eigenvalue weighted by atomic mass is 16.3. The Balaban J connectivity index is 1.81. The van der Waals surface area contributed by atoms with E-state index in [-0.39, 0.29) is 0 Å². The molecule has 2 aromatic heterocycles. The van der Waals surface area contributed by atoms with Gasteiger partial charge in [-0.1, -0.05) is 18.2 Å². The molecule has 0 radical (unpaired) electrons. The van der Waals surface area contributed by atoms with Gasteiger partial charge in [0.25, 0.3) is 0 Å². The minimum atomic E-state index is 0.747. The Morgan fingerprint density at radius 2 is 2.12 bits per heavy atom. The highest BCUT2D eigenvalue weighted by Crippen LogP contribution is 2.16. The van der Waals surface area contributed by atoms with Crippen molar-refractivity contribution >= 4 is 16.6 Å². The van der Waals surface area contributed by atoms with Crippen molar-refractivity contribution < 1.29 is 4.42 Å². The van der Waals surface area contributed by atoms with Crippen molar-refractivity contribution in [3.63, 3.8) is 0 Å². The quantitative estimate of drug-likeness (QED) is 0.740. The fraction of sp³-hybridized carbons (Fsp3) is 0.0714. The van der Waals surface area contributed by atoms with E-state index < -0.39 is 0 Å². The first-order chi connectivity index (χ1) is 8.42. The molecule has 3 rings (SSSR count). The summed E-state index contributed by atoms with van der Waals surface area (Å²) < 4.78 is 5.02. The zero-order chi connectivity index (χ0) is 11.5. The first kappa shape index (κ1) is 9.90. The van der Waals surface area contributed by atoms with Crippen LogP contribution in [0.25, 0.3) is 10.9 Å². The van der Waals surface area contributed by atoms with E-state index in [9.17, 15) is 0 Å². The maximum atomic E-state index is 5.02. The number of furan rings is 1. The highest BCUT2D eigenvalue weighted by molar-refractivity contribution is 5.81. The van der Waals surface area contributed by atoms with Gasteiger partial charge in [0.15, 0.2) is 0 Å². The van der Waals surface area contributed by atoms with E-state index in [0.29, 0.717) is 0 Å². The van der Waals surface area contributed by atoms with Crippen molar-refractivity contribution in [2.24, 2.45) is 0 Å². The molecule has 0 aliphatic rings. The Bertz CT molecular complexity index is 617. The van der Waals surface area contributed by atoms with Crippen LogP contribution in [-0.4, -0.2) is 4.98 Å². The molecule has 2 heterocycles. The van der Waals surface area contributed by atoms with Gasteiger partial charge in [-0.3, -0.25) is 4.98 Å². The van der Waals surface area contributed by atoms with E-state index in [2.05, 4.69) is 22.4 Å². The predicted molar refractivity (Wildman–Crippen MR) is 67.8 cm³/mol. The molecule has 0 saturated heterocycles. The molecule has 0 spiro atoms. The Hall–Kier alpha value is -2.29. The number of fused-ring (bicyclic) bond motifs is 1. The number of anilines is 1. The zero-order valence-electron chi connectivity index (χ0n) is 9.26. The van der Waals surface area contributed by atoms with Gasteiger partial charge in [-0.25, -0.2) is 0 Å². The molecule has 3 nitrogen and oxygen atoms in total. The summed E-state index contributed by atoms with van der Waals surface area (Å²) in [6, 6.07) is 12.1. The number of pyridine rings is 1. The lowest BCUT2D eigenvalue weighted by Gasteiger charge is -2.05. The first-order valence-electron chi connectivity index (χ1n) is 5.51. The zero-order valence-corrected chi connectivity index (χ0v) is 9.26. The number of benzene rings is 1. The highest BCUT2D eigenvalue weighted by Gasteiger charge is 1.98. The van der Waals surface area contributed by atoms with Gasteiger partial charge >= 0.3 is 0 Å². The lowest BCUT2D eigenvalue weighted by molar-refractivity contribution is 0.564. The third kappa shape index (κ3) is 2.13. The van der Waals surface area contributed by atoms with Crippen LogP contribution in [0.5, 0.6) is 0 Å². The van der Waals surface area contributed by atoms with E-state index in [4.69, 9.17) is 4.42 Å².